The second-order valence-corrected chi connectivity index (χ2v) is 10.8. The van der Waals surface area contributed by atoms with E-state index >= 15 is 0 Å². The van der Waals surface area contributed by atoms with Crippen LogP contribution in [0.1, 0.15) is 5.76 Å². The van der Waals surface area contributed by atoms with Gasteiger partial charge in [0.05, 0.1) is 36.0 Å². The van der Waals surface area contributed by atoms with Gasteiger partial charge in [0.15, 0.2) is 11.5 Å². The third-order valence-electron chi connectivity index (χ3n) is 5.55. The molecule has 1 heterocycles. The third-order valence-corrected chi connectivity index (χ3v) is 7.87. The minimum Gasteiger partial charge on any atom is -0.493 e. The van der Waals surface area contributed by atoms with E-state index in [4.69, 9.17) is 37.1 Å². The Bertz CT molecular complexity index is 1660. The average Bonchev–Trinajstić information content (AvgIpc) is 3.40. The van der Waals surface area contributed by atoms with Crippen LogP contribution in [0.15, 0.2) is 87.2 Å². The molecule has 0 aliphatic heterocycles. The van der Waals surface area contributed by atoms with Gasteiger partial charge in [0.1, 0.15) is 23.9 Å². The van der Waals surface area contributed by atoms with Crippen molar-refractivity contribution in [1.82, 2.24) is 5.43 Å². The number of nitrogens with zero attached hydrogens (tertiary/aromatic N) is 2. The summed E-state index contributed by atoms with van der Waals surface area (Å²) in [6.07, 6.45) is 1.25. The lowest BCUT2D eigenvalue weighted by atomic mass is 10.2. The lowest BCUT2D eigenvalue weighted by molar-refractivity contribution is -0.119. The highest BCUT2D eigenvalue weighted by molar-refractivity contribution is 7.92. The Morgan fingerprint density at radius 2 is 1.73 bits per heavy atom. The molecule has 0 radical (unpaired) electrons. The molecule has 0 saturated heterocycles. The minimum atomic E-state index is -4.31. The number of hydrazone groups is 1. The first-order valence-electron chi connectivity index (χ1n) is 11.5. The second kappa shape index (κ2) is 12.4. The number of hydrogen-bond acceptors (Lipinski definition) is 7. The monoisotopic (exact) mass is 605 g/mol. The van der Waals surface area contributed by atoms with E-state index < -0.39 is 28.3 Å². The largest absolute Gasteiger partial charge is 0.493 e. The van der Waals surface area contributed by atoms with Gasteiger partial charge in [-0.15, -0.1) is 0 Å². The Kier molecular flexibility index (Phi) is 8.98. The number of nitrogens with one attached hydrogen (secondary N) is 1. The molecule has 0 aliphatic carbocycles. The van der Waals surface area contributed by atoms with E-state index in [1.54, 1.807) is 30.3 Å². The fourth-order valence-electron chi connectivity index (χ4n) is 3.62. The van der Waals surface area contributed by atoms with E-state index in [2.05, 4.69) is 10.5 Å². The van der Waals surface area contributed by atoms with Crippen LogP contribution in [0.25, 0.3) is 11.3 Å². The van der Waals surface area contributed by atoms with Gasteiger partial charge in [-0.25, -0.2) is 18.2 Å². The molecular weight excluding hydrogens is 584 g/mol. The van der Waals surface area contributed by atoms with Crippen LogP contribution < -0.4 is 19.2 Å². The lowest BCUT2D eigenvalue weighted by Crippen LogP contribution is -2.39. The molecule has 4 rings (SSSR count). The zero-order valence-corrected chi connectivity index (χ0v) is 23.4. The number of amides is 1. The zero-order valence-electron chi connectivity index (χ0n) is 21.1. The number of carbonyl (C=O) groups excluding carboxylic acids is 1. The highest BCUT2D eigenvalue weighted by Gasteiger charge is 2.28. The molecule has 0 spiro atoms. The topological polar surface area (TPSA) is 110 Å². The summed E-state index contributed by atoms with van der Waals surface area (Å²) < 4.78 is 57.6. The number of hydrogen-bond donors (Lipinski definition) is 1. The SMILES string of the molecule is COc1ccc(S(=O)(=O)N(CC(=O)N/N=C\c2ccc(-c3ccc(Cl)cc3Cl)o2)c2ccc(F)cc2)cc1OC. The number of sulfonamides is 1. The Morgan fingerprint density at radius 1 is 1.00 bits per heavy atom. The van der Waals surface area contributed by atoms with Crippen LogP contribution in [0.3, 0.4) is 0 Å². The first-order chi connectivity index (χ1) is 19.1. The van der Waals surface area contributed by atoms with Gasteiger partial charge < -0.3 is 13.9 Å². The number of furan rings is 1. The molecule has 0 fully saturated rings. The number of carbonyl (C=O) groups is 1. The molecule has 3 aromatic carbocycles. The molecule has 0 atom stereocenters. The molecule has 13 heteroatoms. The van der Waals surface area contributed by atoms with Crippen LogP contribution in [0.4, 0.5) is 10.1 Å². The molecule has 0 unspecified atom stereocenters. The normalized spacial score (nSPS) is 11.4. The molecule has 40 heavy (non-hydrogen) atoms. The van der Waals surface area contributed by atoms with Gasteiger partial charge in [-0.2, -0.15) is 5.10 Å². The lowest BCUT2D eigenvalue weighted by Gasteiger charge is -2.24. The molecular formula is C27H22Cl2FN3O6S. The molecule has 208 valence electrons. The summed E-state index contributed by atoms with van der Waals surface area (Å²) in [5.41, 5.74) is 2.95. The van der Waals surface area contributed by atoms with Crippen LogP contribution in [0.5, 0.6) is 11.5 Å². The molecule has 4 aromatic rings. The van der Waals surface area contributed by atoms with Crippen molar-refractivity contribution < 1.29 is 31.5 Å². The maximum Gasteiger partial charge on any atom is 0.264 e. The molecule has 0 bridgehead atoms. The summed E-state index contributed by atoms with van der Waals surface area (Å²) in [5, 5.41) is 4.74. The Balaban J connectivity index is 1.54. The van der Waals surface area contributed by atoms with Crippen molar-refractivity contribution >= 4 is 51.0 Å². The van der Waals surface area contributed by atoms with Gasteiger partial charge in [-0.3, -0.25) is 9.10 Å². The maximum absolute atomic E-state index is 13.6. The van der Waals surface area contributed by atoms with Gasteiger partial charge in [-0.05, 0) is 66.7 Å². The van der Waals surface area contributed by atoms with Crippen LogP contribution >= 0.6 is 23.2 Å². The van der Waals surface area contributed by atoms with Crippen LogP contribution in [0, 0.1) is 5.82 Å². The predicted molar refractivity (Wildman–Crippen MR) is 150 cm³/mol. The van der Waals surface area contributed by atoms with E-state index in [-0.39, 0.29) is 16.3 Å². The molecule has 0 saturated carbocycles. The summed E-state index contributed by atoms with van der Waals surface area (Å²) in [6.45, 7) is -0.663. The number of benzene rings is 3. The fraction of sp³-hybridized carbons (Fsp3) is 0.111. The predicted octanol–water partition coefficient (Wildman–Crippen LogP) is 5.76. The Hall–Kier alpha value is -4.06. The summed E-state index contributed by atoms with van der Waals surface area (Å²) in [7, 11) is -1.53. The quantitative estimate of drug-likeness (QED) is 0.182. The Labute approximate surface area is 239 Å². The van der Waals surface area contributed by atoms with Gasteiger partial charge in [-0.1, -0.05) is 23.2 Å². The van der Waals surface area contributed by atoms with Crippen molar-refractivity contribution in [3.63, 3.8) is 0 Å². The fourth-order valence-corrected chi connectivity index (χ4v) is 5.56. The van der Waals surface area contributed by atoms with Crippen molar-refractivity contribution in [3.05, 3.63) is 94.4 Å². The standard InChI is InChI=1S/C27H22Cl2FN3O6S/c1-37-25-12-9-21(14-26(25)38-2)40(35,36)33(19-6-4-18(30)5-7-19)16-27(34)32-31-15-20-8-11-24(39-20)22-10-3-17(28)13-23(22)29/h3-15H,16H2,1-2H3,(H,32,34)/b31-15-. The average molecular weight is 606 g/mol. The molecule has 0 aliphatic rings. The maximum atomic E-state index is 13.6. The number of ether oxygens (including phenoxy) is 2. The van der Waals surface area contributed by atoms with E-state index in [9.17, 15) is 17.6 Å². The van der Waals surface area contributed by atoms with Crippen molar-refractivity contribution in [1.29, 1.82) is 0 Å². The van der Waals surface area contributed by atoms with Crippen molar-refractivity contribution in [2.45, 2.75) is 4.90 Å². The van der Waals surface area contributed by atoms with Crippen LogP contribution in [0.2, 0.25) is 10.0 Å². The first kappa shape index (κ1) is 28.9. The van der Waals surface area contributed by atoms with Gasteiger partial charge in [0, 0.05) is 16.7 Å². The summed E-state index contributed by atoms with van der Waals surface area (Å²) in [5.74, 6) is -0.0839. The van der Waals surface area contributed by atoms with Crippen LogP contribution in [-0.2, 0) is 14.8 Å². The molecule has 1 amide bonds. The van der Waals surface area contributed by atoms with Crippen molar-refractivity contribution in [2.75, 3.05) is 25.1 Å². The van der Waals surface area contributed by atoms with E-state index in [0.717, 1.165) is 16.4 Å². The van der Waals surface area contributed by atoms with Crippen molar-refractivity contribution in [3.8, 4) is 22.8 Å². The third kappa shape index (κ3) is 6.56. The van der Waals surface area contributed by atoms with E-state index in [0.29, 0.717) is 32.9 Å². The minimum absolute atomic E-state index is 0.0610. The molecule has 9 nitrogen and oxygen atoms in total. The van der Waals surface area contributed by atoms with E-state index in [1.165, 1.54) is 50.8 Å². The van der Waals surface area contributed by atoms with Gasteiger partial charge in [0.25, 0.3) is 15.9 Å². The van der Waals surface area contributed by atoms with E-state index in [1.807, 2.05) is 0 Å². The van der Waals surface area contributed by atoms with Crippen molar-refractivity contribution in [2.24, 2.45) is 5.10 Å². The second-order valence-electron chi connectivity index (χ2n) is 8.12. The zero-order chi connectivity index (χ0) is 28.9. The van der Waals surface area contributed by atoms with Gasteiger partial charge in [0.2, 0.25) is 0 Å². The smallest absolute Gasteiger partial charge is 0.264 e. The summed E-state index contributed by atoms with van der Waals surface area (Å²) in [4.78, 5) is 12.6. The molecule has 1 N–H and O–H groups in total. The number of rotatable bonds is 10. The number of methoxy groups -OCH3 is 2. The highest BCUT2D eigenvalue weighted by Crippen LogP contribution is 2.33. The summed E-state index contributed by atoms with van der Waals surface area (Å²) in [6, 6.07) is 16.9. The summed E-state index contributed by atoms with van der Waals surface area (Å²) >= 11 is 12.2. The number of anilines is 1. The molecule has 1 aromatic heterocycles. The van der Waals surface area contributed by atoms with Crippen LogP contribution in [-0.4, -0.2) is 41.3 Å². The van der Waals surface area contributed by atoms with Gasteiger partial charge >= 0.3 is 0 Å². The highest BCUT2D eigenvalue weighted by atomic mass is 35.5. The number of halogens is 3. The first-order valence-corrected chi connectivity index (χ1v) is 13.7. The Morgan fingerprint density at radius 3 is 2.40 bits per heavy atom.